The zero-order valence-electron chi connectivity index (χ0n) is 22.7. The van der Waals surface area contributed by atoms with Crippen LogP contribution >= 0.6 is 0 Å². The average Bonchev–Trinajstić information content (AvgIpc) is 3.35. The molecule has 2 aromatic heterocycles. The van der Waals surface area contributed by atoms with Gasteiger partial charge in [-0.05, 0) is 67.9 Å². The third kappa shape index (κ3) is 5.46. The zero-order valence-corrected chi connectivity index (χ0v) is 22.7. The van der Waals surface area contributed by atoms with Gasteiger partial charge >= 0.3 is 12.2 Å². The van der Waals surface area contributed by atoms with Crippen LogP contribution in [0.4, 0.5) is 15.4 Å². The quantitative estimate of drug-likeness (QED) is 0.598. The highest BCUT2D eigenvalue weighted by Crippen LogP contribution is 2.44. The first-order valence-corrected chi connectivity index (χ1v) is 12.1. The molecule has 1 N–H and O–H groups in total. The molecule has 0 spiro atoms. The molecule has 1 aliphatic heterocycles. The minimum Gasteiger partial charge on any atom is -0.443 e. The van der Waals surface area contributed by atoms with Gasteiger partial charge in [-0.25, -0.2) is 24.2 Å². The topological polar surface area (TPSA) is 138 Å². The van der Waals surface area contributed by atoms with Crippen molar-refractivity contribution in [3.63, 3.8) is 0 Å². The number of hydrogen-bond acceptors (Lipinski definition) is 10. The Morgan fingerprint density at radius 1 is 1.08 bits per heavy atom. The van der Waals surface area contributed by atoms with Crippen molar-refractivity contribution in [3.05, 3.63) is 23.7 Å². The Labute approximate surface area is 215 Å². The minimum absolute atomic E-state index is 0.0120. The van der Waals surface area contributed by atoms with Gasteiger partial charge in [0, 0.05) is 0 Å². The van der Waals surface area contributed by atoms with E-state index < -0.39 is 47.4 Å². The molecule has 2 amide bonds. The lowest BCUT2D eigenvalue weighted by molar-refractivity contribution is -0.148. The standard InChI is InChI=1S/C25H35N5O7/c1-13-27-19(29(21(32)36-23(2,3)4)22(33)37-24(5,6)7)15-11-26-30(20(15)28-13)16-10-14(12-31)17-18(16)35-25(8,9)34-17/h10-11,16-18,31H,12H2,1-9H3/t16-,17-,18+/m1/s1. The summed E-state index contributed by atoms with van der Waals surface area (Å²) in [6.45, 7) is 15.3. The lowest BCUT2D eigenvalue weighted by Crippen LogP contribution is -2.44. The second kappa shape index (κ2) is 9.03. The summed E-state index contributed by atoms with van der Waals surface area (Å²) in [4.78, 5) is 36.2. The first kappa shape index (κ1) is 27.0. The molecule has 0 radical (unpaired) electrons. The molecule has 0 bridgehead atoms. The number of aliphatic hydroxyl groups excluding tert-OH is 1. The van der Waals surface area contributed by atoms with Crippen LogP contribution in [0.15, 0.2) is 17.8 Å². The molecule has 2 aliphatic rings. The van der Waals surface area contributed by atoms with Crippen molar-refractivity contribution in [2.75, 3.05) is 11.5 Å². The maximum Gasteiger partial charge on any atom is 0.425 e. The summed E-state index contributed by atoms with van der Waals surface area (Å²) in [5, 5.41) is 14.8. The van der Waals surface area contributed by atoms with Gasteiger partial charge < -0.3 is 24.1 Å². The number of carbonyl (C=O) groups is 2. The van der Waals surface area contributed by atoms with Crippen LogP contribution in [0.2, 0.25) is 0 Å². The third-order valence-corrected chi connectivity index (χ3v) is 5.59. The molecule has 2 aromatic rings. The largest absolute Gasteiger partial charge is 0.443 e. The Bertz CT molecular complexity index is 1230. The Morgan fingerprint density at radius 2 is 1.68 bits per heavy atom. The molecule has 1 aliphatic carbocycles. The fourth-order valence-electron chi connectivity index (χ4n) is 4.36. The number of hydrogen-bond donors (Lipinski definition) is 1. The van der Waals surface area contributed by atoms with Crippen molar-refractivity contribution in [2.24, 2.45) is 0 Å². The van der Waals surface area contributed by atoms with Gasteiger partial charge in [0.15, 0.2) is 17.3 Å². The Kier molecular flexibility index (Phi) is 6.58. The summed E-state index contributed by atoms with van der Waals surface area (Å²) in [6, 6.07) is -0.454. The molecule has 1 fully saturated rings. The summed E-state index contributed by atoms with van der Waals surface area (Å²) >= 11 is 0. The molecule has 202 valence electrons. The van der Waals surface area contributed by atoms with Gasteiger partial charge in [-0.1, -0.05) is 6.08 Å². The van der Waals surface area contributed by atoms with Crippen LogP contribution in [0.25, 0.3) is 11.0 Å². The molecule has 1 saturated heterocycles. The number of amides is 2. The van der Waals surface area contributed by atoms with E-state index in [1.54, 1.807) is 53.1 Å². The van der Waals surface area contributed by atoms with Gasteiger partial charge in [-0.2, -0.15) is 10.00 Å². The molecule has 0 saturated carbocycles. The summed E-state index contributed by atoms with van der Waals surface area (Å²) < 4.78 is 24.8. The smallest absolute Gasteiger partial charge is 0.425 e. The maximum absolute atomic E-state index is 13.2. The van der Waals surface area contributed by atoms with Crippen molar-refractivity contribution in [3.8, 4) is 0 Å². The van der Waals surface area contributed by atoms with Crippen molar-refractivity contribution in [2.45, 2.75) is 97.6 Å². The third-order valence-electron chi connectivity index (χ3n) is 5.59. The SMILES string of the molecule is Cc1nc(N(C(=O)OC(C)(C)C)C(=O)OC(C)(C)C)c2cnn([C@@H]3C=C(CO)[C@H]4OC(C)(C)O[C@H]43)c2n1. The van der Waals surface area contributed by atoms with Crippen LogP contribution in [0.1, 0.15) is 67.3 Å². The van der Waals surface area contributed by atoms with Crippen LogP contribution in [-0.4, -0.2) is 72.8 Å². The molecule has 4 rings (SSSR count). The van der Waals surface area contributed by atoms with E-state index in [1.165, 1.54) is 6.20 Å². The number of carbonyl (C=O) groups excluding carboxylic acids is 2. The van der Waals surface area contributed by atoms with Crippen molar-refractivity contribution >= 4 is 29.0 Å². The van der Waals surface area contributed by atoms with Crippen LogP contribution in [0, 0.1) is 6.92 Å². The zero-order chi connectivity index (χ0) is 27.5. The van der Waals surface area contributed by atoms with E-state index in [0.29, 0.717) is 22.4 Å². The normalized spacial score (nSPS) is 23.1. The first-order chi connectivity index (χ1) is 17.0. The van der Waals surface area contributed by atoms with E-state index in [-0.39, 0.29) is 12.4 Å². The monoisotopic (exact) mass is 517 g/mol. The number of rotatable bonds is 3. The molecule has 12 nitrogen and oxygen atoms in total. The number of ether oxygens (including phenoxy) is 4. The number of anilines is 1. The van der Waals surface area contributed by atoms with Crippen molar-refractivity contribution in [1.29, 1.82) is 0 Å². The Balaban J connectivity index is 1.83. The van der Waals surface area contributed by atoms with Gasteiger partial charge in [0.05, 0.1) is 18.2 Å². The van der Waals surface area contributed by atoms with Crippen LogP contribution < -0.4 is 4.90 Å². The van der Waals surface area contributed by atoms with E-state index in [2.05, 4.69) is 15.1 Å². The Morgan fingerprint density at radius 3 is 2.22 bits per heavy atom. The number of imide groups is 1. The summed E-state index contributed by atoms with van der Waals surface area (Å²) in [7, 11) is 0. The highest BCUT2D eigenvalue weighted by atomic mass is 16.8. The number of fused-ring (bicyclic) bond motifs is 2. The van der Waals surface area contributed by atoms with Crippen molar-refractivity contribution in [1.82, 2.24) is 19.7 Å². The highest BCUT2D eigenvalue weighted by molar-refractivity contribution is 6.13. The molecular formula is C25H35N5O7. The number of nitrogens with zero attached hydrogens (tertiary/aromatic N) is 5. The van der Waals surface area contributed by atoms with E-state index >= 15 is 0 Å². The summed E-state index contributed by atoms with van der Waals surface area (Å²) in [5.74, 6) is -0.556. The molecule has 3 heterocycles. The number of aliphatic hydroxyl groups is 1. The van der Waals surface area contributed by atoms with Crippen LogP contribution in [0.3, 0.4) is 0 Å². The van der Waals surface area contributed by atoms with Gasteiger partial charge in [-0.3, -0.25) is 0 Å². The number of aromatic nitrogens is 4. The minimum atomic E-state index is -0.938. The predicted molar refractivity (Wildman–Crippen MR) is 133 cm³/mol. The molecule has 12 heteroatoms. The van der Waals surface area contributed by atoms with E-state index in [1.807, 2.05) is 19.9 Å². The second-order valence-corrected chi connectivity index (χ2v) is 11.6. The molecule has 0 aromatic carbocycles. The van der Waals surface area contributed by atoms with Gasteiger partial charge in [0.2, 0.25) is 0 Å². The maximum atomic E-state index is 13.2. The lowest BCUT2D eigenvalue weighted by Gasteiger charge is -2.28. The fourth-order valence-corrected chi connectivity index (χ4v) is 4.36. The van der Waals surface area contributed by atoms with Crippen molar-refractivity contribution < 1.29 is 33.6 Å². The first-order valence-electron chi connectivity index (χ1n) is 12.1. The molecular weight excluding hydrogens is 482 g/mol. The van der Waals surface area contributed by atoms with Gasteiger partial charge in [-0.15, -0.1) is 0 Å². The molecule has 3 atom stereocenters. The summed E-state index contributed by atoms with van der Waals surface area (Å²) in [6.07, 6.45) is 0.553. The van der Waals surface area contributed by atoms with E-state index in [9.17, 15) is 14.7 Å². The van der Waals surface area contributed by atoms with Crippen LogP contribution in [-0.2, 0) is 18.9 Å². The molecule has 0 unspecified atom stereocenters. The van der Waals surface area contributed by atoms with E-state index in [4.69, 9.17) is 18.9 Å². The Hall–Kier alpha value is -3.09. The average molecular weight is 518 g/mol. The number of aryl methyl sites for hydroxylation is 1. The predicted octanol–water partition coefficient (Wildman–Crippen LogP) is 3.80. The van der Waals surface area contributed by atoms with E-state index in [0.717, 1.165) is 4.90 Å². The van der Waals surface area contributed by atoms with Gasteiger partial charge in [0.1, 0.15) is 35.3 Å². The highest BCUT2D eigenvalue weighted by Gasteiger charge is 2.51. The van der Waals surface area contributed by atoms with Crippen LogP contribution in [0.5, 0.6) is 0 Å². The van der Waals surface area contributed by atoms with Gasteiger partial charge in [0.25, 0.3) is 0 Å². The second-order valence-electron chi connectivity index (χ2n) is 11.6. The lowest BCUT2D eigenvalue weighted by atomic mass is 10.1. The fraction of sp³-hybridized carbons (Fsp3) is 0.640. The summed E-state index contributed by atoms with van der Waals surface area (Å²) in [5.41, 5.74) is -0.703. The molecule has 37 heavy (non-hydrogen) atoms.